The van der Waals surface area contributed by atoms with Crippen molar-refractivity contribution in [3.05, 3.63) is 18.2 Å². The van der Waals surface area contributed by atoms with Crippen LogP contribution >= 0.6 is 0 Å². The number of rotatable bonds is 5. The Kier molecular flexibility index (Phi) is 4.96. The highest BCUT2D eigenvalue weighted by molar-refractivity contribution is 5.92. The number of hydrogen-bond donors (Lipinski definition) is 2. The third kappa shape index (κ3) is 3.56. The fourth-order valence-corrected chi connectivity index (χ4v) is 2.88. The van der Waals surface area contributed by atoms with Crippen molar-refractivity contribution in [3.63, 3.8) is 0 Å². The van der Waals surface area contributed by atoms with E-state index in [1.165, 1.54) is 19.3 Å². The molecule has 1 aliphatic carbocycles. The maximum absolute atomic E-state index is 12.2. The van der Waals surface area contributed by atoms with E-state index in [4.69, 9.17) is 5.73 Å². The van der Waals surface area contributed by atoms with Crippen molar-refractivity contribution in [1.29, 1.82) is 0 Å². The van der Waals surface area contributed by atoms with Crippen LogP contribution in [0.4, 0.5) is 0 Å². The Labute approximate surface area is 114 Å². The summed E-state index contributed by atoms with van der Waals surface area (Å²) in [7, 11) is 0. The first kappa shape index (κ1) is 14.1. The van der Waals surface area contributed by atoms with Crippen molar-refractivity contribution >= 4 is 5.91 Å². The zero-order chi connectivity index (χ0) is 13.7. The van der Waals surface area contributed by atoms with Crippen LogP contribution in [0.3, 0.4) is 0 Å². The molecule has 1 aromatic heterocycles. The van der Waals surface area contributed by atoms with Crippen LogP contribution in [0.15, 0.2) is 12.5 Å². The highest BCUT2D eigenvalue weighted by Crippen LogP contribution is 2.26. The molecule has 3 N–H and O–H groups in total. The molecular weight excluding hydrogens is 240 g/mol. The van der Waals surface area contributed by atoms with Gasteiger partial charge in [0, 0.05) is 25.3 Å². The summed E-state index contributed by atoms with van der Waals surface area (Å²) in [4.78, 5) is 16.3. The Hall–Kier alpha value is -1.36. The lowest BCUT2D eigenvalue weighted by molar-refractivity contribution is 0.0900. The van der Waals surface area contributed by atoms with Crippen LogP contribution in [0, 0.1) is 5.92 Å². The average Bonchev–Trinajstić information content (AvgIpc) is 2.88. The van der Waals surface area contributed by atoms with Crippen LogP contribution in [-0.4, -0.2) is 28.0 Å². The lowest BCUT2D eigenvalue weighted by Gasteiger charge is -2.31. The van der Waals surface area contributed by atoms with Crippen molar-refractivity contribution in [2.24, 2.45) is 11.7 Å². The van der Waals surface area contributed by atoms with Crippen molar-refractivity contribution in [2.45, 2.75) is 51.6 Å². The molecular formula is C14H24N4O. The molecule has 1 aromatic rings. The SMILES string of the molecule is CCC1CCCCC1NC(=O)c1cn(CCN)cn1. The summed E-state index contributed by atoms with van der Waals surface area (Å²) < 4.78 is 1.85. The predicted molar refractivity (Wildman–Crippen MR) is 74.8 cm³/mol. The summed E-state index contributed by atoms with van der Waals surface area (Å²) >= 11 is 0. The Morgan fingerprint density at radius 1 is 1.53 bits per heavy atom. The molecule has 1 amide bonds. The second kappa shape index (κ2) is 6.70. The van der Waals surface area contributed by atoms with Gasteiger partial charge in [0.05, 0.1) is 6.33 Å². The molecule has 2 atom stereocenters. The molecule has 1 heterocycles. The van der Waals surface area contributed by atoms with Gasteiger partial charge in [-0.05, 0) is 18.8 Å². The molecule has 19 heavy (non-hydrogen) atoms. The zero-order valence-electron chi connectivity index (χ0n) is 11.6. The fourth-order valence-electron chi connectivity index (χ4n) is 2.88. The van der Waals surface area contributed by atoms with Gasteiger partial charge >= 0.3 is 0 Å². The molecule has 1 saturated carbocycles. The van der Waals surface area contributed by atoms with Crippen molar-refractivity contribution < 1.29 is 4.79 Å². The molecule has 2 unspecified atom stereocenters. The minimum atomic E-state index is -0.0545. The van der Waals surface area contributed by atoms with E-state index in [1.807, 2.05) is 4.57 Å². The number of nitrogens with one attached hydrogen (secondary N) is 1. The number of nitrogens with two attached hydrogens (primary N) is 1. The summed E-state index contributed by atoms with van der Waals surface area (Å²) in [5.41, 5.74) is 5.98. The van der Waals surface area contributed by atoms with E-state index >= 15 is 0 Å². The van der Waals surface area contributed by atoms with Crippen LogP contribution in [0.2, 0.25) is 0 Å². The van der Waals surface area contributed by atoms with E-state index in [0.717, 1.165) is 12.8 Å². The monoisotopic (exact) mass is 264 g/mol. The van der Waals surface area contributed by atoms with Gasteiger partial charge in [0.25, 0.3) is 5.91 Å². The highest BCUT2D eigenvalue weighted by atomic mass is 16.2. The first-order valence-electron chi connectivity index (χ1n) is 7.27. The van der Waals surface area contributed by atoms with E-state index in [-0.39, 0.29) is 5.91 Å². The predicted octanol–water partition coefficient (Wildman–Crippen LogP) is 1.54. The largest absolute Gasteiger partial charge is 0.348 e. The summed E-state index contributed by atoms with van der Waals surface area (Å²) in [5, 5.41) is 3.15. The maximum atomic E-state index is 12.2. The first-order valence-corrected chi connectivity index (χ1v) is 7.27. The molecule has 0 spiro atoms. The molecule has 0 saturated heterocycles. The summed E-state index contributed by atoms with van der Waals surface area (Å²) in [6, 6.07) is 0.311. The molecule has 106 valence electrons. The van der Waals surface area contributed by atoms with Gasteiger partial charge in [-0.2, -0.15) is 0 Å². The number of carbonyl (C=O) groups is 1. The van der Waals surface area contributed by atoms with Crippen LogP contribution in [0.25, 0.3) is 0 Å². The number of nitrogens with zero attached hydrogens (tertiary/aromatic N) is 2. The topological polar surface area (TPSA) is 72.9 Å². The van der Waals surface area contributed by atoms with E-state index in [0.29, 0.717) is 30.7 Å². The average molecular weight is 264 g/mol. The Bertz CT molecular complexity index is 415. The third-order valence-corrected chi connectivity index (χ3v) is 4.00. The number of amides is 1. The van der Waals surface area contributed by atoms with Gasteiger partial charge in [-0.1, -0.05) is 26.2 Å². The smallest absolute Gasteiger partial charge is 0.271 e. The summed E-state index contributed by atoms with van der Waals surface area (Å²) in [5.74, 6) is 0.560. The maximum Gasteiger partial charge on any atom is 0.271 e. The van der Waals surface area contributed by atoms with Gasteiger partial charge in [0.15, 0.2) is 0 Å². The van der Waals surface area contributed by atoms with E-state index in [2.05, 4.69) is 17.2 Å². The fraction of sp³-hybridized carbons (Fsp3) is 0.714. The number of aromatic nitrogens is 2. The van der Waals surface area contributed by atoms with E-state index < -0.39 is 0 Å². The van der Waals surface area contributed by atoms with Gasteiger partial charge in [-0.15, -0.1) is 0 Å². The molecule has 5 heteroatoms. The van der Waals surface area contributed by atoms with Gasteiger partial charge < -0.3 is 15.6 Å². The first-order chi connectivity index (χ1) is 9.24. The van der Waals surface area contributed by atoms with E-state index in [9.17, 15) is 4.79 Å². The molecule has 0 aromatic carbocycles. The van der Waals surface area contributed by atoms with Crippen LogP contribution in [-0.2, 0) is 6.54 Å². The Morgan fingerprint density at radius 3 is 3.05 bits per heavy atom. The van der Waals surface area contributed by atoms with E-state index in [1.54, 1.807) is 12.5 Å². The zero-order valence-corrected chi connectivity index (χ0v) is 11.6. The second-order valence-electron chi connectivity index (χ2n) is 5.32. The molecule has 0 radical (unpaired) electrons. The Morgan fingerprint density at radius 2 is 2.32 bits per heavy atom. The summed E-state index contributed by atoms with van der Waals surface area (Å²) in [6.07, 6.45) is 9.38. The van der Waals surface area contributed by atoms with Gasteiger partial charge in [-0.3, -0.25) is 4.79 Å². The number of hydrogen-bond acceptors (Lipinski definition) is 3. The molecule has 0 bridgehead atoms. The van der Waals surface area contributed by atoms with Gasteiger partial charge in [0.2, 0.25) is 0 Å². The van der Waals surface area contributed by atoms with Gasteiger partial charge in [-0.25, -0.2) is 4.98 Å². The number of carbonyl (C=O) groups excluding carboxylic acids is 1. The molecule has 1 aliphatic rings. The lowest BCUT2D eigenvalue weighted by Crippen LogP contribution is -2.42. The highest BCUT2D eigenvalue weighted by Gasteiger charge is 2.25. The minimum absolute atomic E-state index is 0.0545. The standard InChI is InChI=1S/C14H24N4O/c1-2-11-5-3-4-6-12(11)17-14(19)13-9-18(8-7-15)10-16-13/h9-12H,2-8,15H2,1H3,(H,17,19). The minimum Gasteiger partial charge on any atom is -0.348 e. The second-order valence-corrected chi connectivity index (χ2v) is 5.32. The van der Waals surface area contributed by atoms with Gasteiger partial charge in [0.1, 0.15) is 5.69 Å². The Balaban J connectivity index is 1.95. The van der Waals surface area contributed by atoms with Crippen molar-refractivity contribution in [1.82, 2.24) is 14.9 Å². The molecule has 5 nitrogen and oxygen atoms in total. The van der Waals surface area contributed by atoms with Crippen LogP contribution in [0.1, 0.15) is 49.5 Å². The third-order valence-electron chi connectivity index (χ3n) is 4.00. The van der Waals surface area contributed by atoms with Crippen LogP contribution in [0.5, 0.6) is 0 Å². The molecule has 1 fully saturated rings. The normalized spacial score (nSPS) is 23.3. The lowest BCUT2D eigenvalue weighted by atomic mass is 9.83. The molecule has 0 aliphatic heterocycles. The van der Waals surface area contributed by atoms with Crippen molar-refractivity contribution in [2.75, 3.05) is 6.54 Å². The van der Waals surface area contributed by atoms with Crippen LogP contribution < -0.4 is 11.1 Å². The number of imidazole rings is 1. The van der Waals surface area contributed by atoms with Crippen molar-refractivity contribution in [3.8, 4) is 0 Å². The summed E-state index contributed by atoms with van der Waals surface area (Å²) in [6.45, 7) is 3.45. The molecule has 2 rings (SSSR count). The quantitative estimate of drug-likeness (QED) is 0.847.